The summed E-state index contributed by atoms with van der Waals surface area (Å²) in [5, 5.41) is 0. The highest BCUT2D eigenvalue weighted by Crippen LogP contribution is 2.27. The van der Waals surface area contributed by atoms with Gasteiger partial charge in [-0.25, -0.2) is 0 Å². The second kappa shape index (κ2) is 8.08. The minimum atomic E-state index is 0. The number of unbranched alkanes of at least 4 members (excludes halogenated alkanes) is 2. The number of quaternary nitrogens is 1. The van der Waals surface area contributed by atoms with Crippen LogP contribution < -0.4 is 17.0 Å². The van der Waals surface area contributed by atoms with Crippen LogP contribution in [-0.4, -0.2) is 29.6 Å². The Hall–Kier alpha value is 0.920. The van der Waals surface area contributed by atoms with Crippen LogP contribution in [0.15, 0.2) is 0 Å². The smallest absolute Gasteiger partial charge is 0.144 e. The number of nitrogens with zero attached hydrogens (tertiary/aromatic N) is 1. The van der Waals surface area contributed by atoms with Crippen LogP contribution in [0.5, 0.6) is 0 Å². The van der Waals surface area contributed by atoms with E-state index in [1.165, 1.54) is 62.5 Å². The summed E-state index contributed by atoms with van der Waals surface area (Å²) in [6, 6.07) is 0. The van der Waals surface area contributed by atoms with Crippen LogP contribution in [-0.2, 0) is 0 Å². The van der Waals surface area contributed by atoms with E-state index in [9.17, 15) is 0 Å². The van der Waals surface area contributed by atoms with Crippen LogP contribution >= 0.6 is 15.9 Å². The van der Waals surface area contributed by atoms with E-state index in [4.69, 9.17) is 0 Å². The first-order chi connectivity index (χ1) is 6.69. The molecule has 0 aromatic rings. The summed E-state index contributed by atoms with van der Waals surface area (Å²) in [6.45, 7) is 5.03. The molecule has 0 aliphatic carbocycles. The normalized spacial score (nSPS) is 21.8. The molecule has 3 heteroatoms. The van der Waals surface area contributed by atoms with E-state index in [1.807, 2.05) is 0 Å². The molecule has 15 heavy (non-hydrogen) atoms. The van der Waals surface area contributed by atoms with Crippen molar-refractivity contribution in [3.05, 3.63) is 0 Å². The molecule has 0 saturated carbocycles. The molecule has 0 aromatic heterocycles. The number of likely N-dealkylation sites (tertiary alicyclic amines) is 1. The summed E-state index contributed by atoms with van der Waals surface area (Å²) in [6.07, 6.45) is 9.76. The zero-order chi connectivity index (χ0) is 10.4. The van der Waals surface area contributed by atoms with Gasteiger partial charge in [-0.2, -0.15) is 0 Å². The number of halogens is 2. The number of piperidine rings is 1. The van der Waals surface area contributed by atoms with E-state index in [0.29, 0.717) is 4.95 Å². The quantitative estimate of drug-likeness (QED) is 0.302. The maximum absolute atomic E-state index is 3.90. The van der Waals surface area contributed by atoms with E-state index in [0.717, 1.165) is 0 Å². The van der Waals surface area contributed by atoms with Gasteiger partial charge in [0.05, 0.1) is 20.1 Å². The zero-order valence-corrected chi connectivity index (χ0v) is 13.3. The molecular formula is C12H25Br2N. The van der Waals surface area contributed by atoms with Crippen molar-refractivity contribution in [1.29, 1.82) is 0 Å². The average molecular weight is 343 g/mol. The third kappa shape index (κ3) is 5.18. The van der Waals surface area contributed by atoms with Crippen molar-refractivity contribution in [2.24, 2.45) is 0 Å². The van der Waals surface area contributed by atoms with Crippen molar-refractivity contribution in [1.82, 2.24) is 0 Å². The summed E-state index contributed by atoms with van der Waals surface area (Å²) in [5.41, 5.74) is 0. The summed E-state index contributed by atoms with van der Waals surface area (Å²) >= 11 is 3.90. The lowest BCUT2D eigenvalue weighted by Crippen LogP contribution is -3.00. The molecule has 1 heterocycles. The van der Waals surface area contributed by atoms with Gasteiger partial charge in [-0.05, 0) is 41.6 Å². The van der Waals surface area contributed by atoms with Crippen LogP contribution in [0.4, 0.5) is 0 Å². The van der Waals surface area contributed by atoms with Gasteiger partial charge >= 0.3 is 0 Å². The maximum Gasteiger partial charge on any atom is 0.144 e. The fourth-order valence-corrected chi connectivity index (χ4v) is 3.12. The molecule has 0 aromatic carbocycles. The molecule has 0 N–H and O–H groups in total. The molecule has 1 atom stereocenters. The second-order valence-electron chi connectivity index (χ2n) is 4.92. The van der Waals surface area contributed by atoms with Gasteiger partial charge < -0.3 is 21.5 Å². The Balaban J connectivity index is 0.00000196. The van der Waals surface area contributed by atoms with Gasteiger partial charge in [0.2, 0.25) is 0 Å². The van der Waals surface area contributed by atoms with Crippen LogP contribution in [0.1, 0.15) is 51.9 Å². The summed E-state index contributed by atoms with van der Waals surface area (Å²) in [7, 11) is 2.42. The van der Waals surface area contributed by atoms with Crippen molar-refractivity contribution in [2.75, 3.05) is 20.1 Å². The summed E-state index contributed by atoms with van der Waals surface area (Å²) in [4.78, 5) is 0.703. The topological polar surface area (TPSA) is 0 Å². The molecule has 1 unspecified atom stereocenters. The van der Waals surface area contributed by atoms with E-state index < -0.39 is 0 Å². The highest BCUT2D eigenvalue weighted by atomic mass is 79.9. The zero-order valence-electron chi connectivity index (χ0n) is 10.1. The predicted octanol–water partition coefficient (Wildman–Crippen LogP) is 0.922. The van der Waals surface area contributed by atoms with Gasteiger partial charge in [0, 0.05) is 6.42 Å². The molecule has 0 amide bonds. The molecule has 1 rings (SSSR count). The van der Waals surface area contributed by atoms with Gasteiger partial charge in [0.1, 0.15) is 4.95 Å². The second-order valence-corrected chi connectivity index (χ2v) is 5.97. The third-order valence-corrected chi connectivity index (χ3v) is 5.01. The Morgan fingerprint density at radius 2 is 1.73 bits per heavy atom. The molecule has 92 valence electrons. The maximum atomic E-state index is 3.90. The standard InChI is InChI=1S/C12H25BrN.BrH/c1-3-4-6-9-12(13)14(2)10-7-5-8-11-14;/h12H,3-11H2,1-2H3;1H/q+1;/p-1. The predicted molar refractivity (Wildman–Crippen MR) is 66.6 cm³/mol. The van der Waals surface area contributed by atoms with Crippen LogP contribution in [0.25, 0.3) is 0 Å². The monoisotopic (exact) mass is 341 g/mol. The first kappa shape index (κ1) is 15.9. The van der Waals surface area contributed by atoms with E-state index in [-0.39, 0.29) is 17.0 Å². The van der Waals surface area contributed by atoms with Gasteiger partial charge in [-0.1, -0.05) is 19.8 Å². The number of rotatable bonds is 5. The molecule has 1 aliphatic rings. The highest BCUT2D eigenvalue weighted by Gasteiger charge is 2.31. The largest absolute Gasteiger partial charge is 1.00 e. The lowest BCUT2D eigenvalue weighted by molar-refractivity contribution is -0.922. The Labute approximate surface area is 114 Å². The fourth-order valence-electron chi connectivity index (χ4n) is 2.39. The lowest BCUT2D eigenvalue weighted by atomic mass is 10.1. The molecular weight excluding hydrogens is 318 g/mol. The van der Waals surface area contributed by atoms with Crippen molar-refractivity contribution < 1.29 is 21.5 Å². The number of hydrogen-bond acceptors (Lipinski definition) is 0. The van der Waals surface area contributed by atoms with Crippen molar-refractivity contribution >= 4 is 15.9 Å². The fraction of sp³-hybridized carbons (Fsp3) is 1.00. The van der Waals surface area contributed by atoms with E-state index in [2.05, 4.69) is 29.9 Å². The Morgan fingerprint density at radius 3 is 2.27 bits per heavy atom. The molecule has 1 aliphatic heterocycles. The summed E-state index contributed by atoms with van der Waals surface area (Å²) in [5.74, 6) is 0. The Kier molecular flexibility index (Phi) is 8.57. The van der Waals surface area contributed by atoms with Gasteiger partial charge in [-0.15, -0.1) is 0 Å². The molecule has 1 nitrogen and oxygen atoms in total. The molecule has 0 radical (unpaired) electrons. The SMILES string of the molecule is CCCCCC(Br)[N+]1(C)CCCCC1.[Br-]. The Bertz CT molecular complexity index is 156. The van der Waals surface area contributed by atoms with Gasteiger partial charge in [0.25, 0.3) is 0 Å². The van der Waals surface area contributed by atoms with Gasteiger partial charge in [-0.3, -0.25) is 0 Å². The lowest BCUT2D eigenvalue weighted by Gasteiger charge is -2.41. The number of alkyl halides is 1. The summed E-state index contributed by atoms with van der Waals surface area (Å²) < 4.78 is 1.27. The van der Waals surface area contributed by atoms with Crippen molar-refractivity contribution in [3.63, 3.8) is 0 Å². The van der Waals surface area contributed by atoms with Crippen molar-refractivity contribution in [3.8, 4) is 0 Å². The molecule has 1 saturated heterocycles. The van der Waals surface area contributed by atoms with Crippen LogP contribution in [0.3, 0.4) is 0 Å². The minimum absolute atomic E-state index is 0. The molecule has 0 spiro atoms. The third-order valence-electron chi connectivity index (χ3n) is 3.56. The Morgan fingerprint density at radius 1 is 1.13 bits per heavy atom. The minimum Gasteiger partial charge on any atom is -1.00 e. The van der Waals surface area contributed by atoms with E-state index >= 15 is 0 Å². The van der Waals surface area contributed by atoms with Crippen LogP contribution in [0.2, 0.25) is 0 Å². The number of hydrogen-bond donors (Lipinski definition) is 0. The molecule has 0 bridgehead atoms. The molecule has 1 fully saturated rings. The first-order valence-corrected chi connectivity index (χ1v) is 7.09. The average Bonchev–Trinajstić information content (AvgIpc) is 2.19. The van der Waals surface area contributed by atoms with Crippen LogP contribution in [0, 0.1) is 0 Å². The van der Waals surface area contributed by atoms with Gasteiger partial charge in [0.15, 0.2) is 0 Å². The first-order valence-electron chi connectivity index (χ1n) is 6.17. The van der Waals surface area contributed by atoms with E-state index in [1.54, 1.807) is 0 Å². The van der Waals surface area contributed by atoms with Crippen molar-refractivity contribution in [2.45, 2.75) is 56.8 Å². The highest BCUT2D eigenvalue weighted by molar-refractivity contribution is 9.09.